The van der Waals surface area contributed by atoms with Crippen LogP contribution in [-0.4, -0.2) is 130 Å². The highest BCUT2D eigenvalue weighted by atomic mass is 16.8. The second-order valence-electron chi connectivity index (χ2n) is 9.89. The summed E-state index contributed by atoms with van der Waals surface area (Å²) in [5.74, 6) is -1.55. The molecule has 4 aliphatic rings. The first-order valence-corrected chi connectivity index (χ1v) is 12.6. The molecule has 0 radical (unpaired) electrons. The van der Waals surface area contributed by atoms with Crippen molar-refractivity contribution in [2.24, 2.45) is 0 Å². The molecule has 3 aliphatic heterocycles. The third-order valence-electron chi connectivity index (χ3n) is 7.08. The summed E-state index contributed by atoms with van der Waals surface area (Å²) in [6.45, 7) is -1.16. The average molecular weight is 584 g/mol. The summed E-state index contributed by atoms with van der Waals surface area (Å²) in [6.07, 6.45) is -11.6. The molecule has 1 aliphatic carbocycles. The minimum atomic E-state index is -1.78. The minimum Gasteiger partial charge on any atom is -0.571 e. The van der Waals surface area contributed by atoms with E-state index in [2.05, 4.69) is 4.74 Å². The number of aliphatic hydroxyl groups is 10. The van der Waals surface area contributed by atoms with Crippen molar-refractivity contribution < 1.29 is 74.7 Å². The van der Waals surface area contributed by atoms with Crippen LogP contribution in [0.1, 0.15) is 5.56 Å². The van der Waals surface area contributed by atoms with Gasteiger partial charge >= 0.3 is 5.76 Å². The number of hydrogen-bond donors (Lipinski definition) is 10. The second kappa shape index (κ2) is 11.5. The molecule has 1 aromatic carbocycles. The van der Waals surface area contributed by atoms with Crippen molar-refractivity contribution in [2.45, 2.75) is 61.4 Å². The standard InChI is InChI=1S/C26H30O15/c27-7-18-20(34)21(35)24(41-25-22(36)19(33)15(32)8-37-25)26(40-18)39-17-6-11-13(30)4-10(28)5-16(11)38-23(17)9-1-2-12(29)14(31)3-9/h1-6,15-16,18-22,24-36H,7-8H2/p+1/t15-,16?,18-,19+,20-,21+,22-,24-,25+,26-/m1/s1. The van der Waals surface area contributed by atoms with E-state index >= 15 is 0 Å². The fourth-order valence-corrected chi connectivity index (χ4v) is 4.81. The van der Waals surface area contributed by atoms with Gasteiger partial charge in [0.2, 0.25) is 18.2 Å². The van der Waals surface area contributed by atoms with Gasteiger partial charge in [-0.05, 0) is 12.1 Å². The lowest BCUT2D eigenvalue weighted by Crippen LogP contribution is -2.63. The maximum Gasteiger partial charge on any atom is 0.305 e. The Kier molecular flexibility index (Phi) is 8.15. The van der Waals surface area contributed by atoms with Crippen LogP contribution in [0.4, 0.5) is 0 Å². The van der Waals surface area contributed by atoms with Crippen LogP contribution in [0.15, 0.2) is 59.3 Å². The molecule has 11 N–H and O–H groups in total. The molecule has 0 spiro atoms. The number of phenolic OH excluding ortho intramolecular Hbond substituents is 2. The molecule has 0 aromatic heterocycles. The highest BCUT2D eigenvalue weighted by molar-refractivity contribution is 5.69. The van der Waals surface area contributed by atoms with Gasteiger partial charge in [-0.3, -0.25) is 0 Å². The predicted octanol–water partition coefficient (Wildman–Crippen LogP) is -2.22. The van der Waals surface area contributed by atoms with Gasteiger partial charge in [-0.25, -0.2) is 0 Å². The maximum absolute atomic E-state index is 10.9. The van der Waals surface area contributed by atoms with Crippen molar-refractivity contribution in [3.05, 3.63) is 64.8 Å². The van der Waals surface area contributed by atoms with Crippen LogP contribution < -0.4 is 0 Å². The van der Waals surface area contributed by atoms with Crippen molar-refractivity contribution in [2.75, 3.05) is 13.2 Å². The topological polar surface area (TPSA) is 252 Å². The molecule has 3 heterocycles. The Morgan fingerprint density at radius 1 is 0.878 bits per heavy atom. The molecule has 0 bridgehead atoms. The van der Waals surface area contributed by atoms with Crippen LogP contribution >= 0.6 is 0 Å². The molecule has 0 amide bonds. The average Bonchev–Trinajstić information content (AvgIpc) is 2.94. The second-order valence-corrected chi connectivity index (χ2v) is 9.89. The van der Waals surface area contributed by atoms with E-state index in [4.69, 9.17) is 18.9 Å². The van der Waals surface area contributed by atoms with E-state index in [0.717, 1.165) is 6.08 Å². The third-order valence-corrected chi connectivity index (χ3v) is 7.08. The number of benzene rings is 1. The van der Waals surface area contributed by atoms with Gasteiger partial charge in [-0.15, -0.1) is 0 Å². The van der Waals surface area contributed by atoms with E-state index in [1.54, 1.807) is 0 Å². The van der Waals surface area contributed by atoms with E-state index in [9.17, 15) is 51.1 Å². The molecule has 15 heteroatoms. The SMILES string of the molecule is OC[C@H]1O[C@@H](OC2=C(c3ccc(O)c(O)c3)[OH+]C3C=C(O)C=C(O)C3=C2)[C@H](O[C@@H]2OC[C@@H](O)[C@H](O)[C@H]2O)[C@@H](O)[C@@H]1O. The van der Waals surface area contributed by atoms with Gasteiger partial charge < -0.3 is 74.7 Å². The van der Waals surface area contributed by atoms with Gasteiger partial charge in [0.25, 0.3) is 0 Å². The molecule has 0 saturated carbocycles. The Bertz CT molecular complexity index is 1270. The van der Waals surface area contributed by atoms with Crippen LogP contribution in [0.5, 0.6) is 11.5 Å². The smallest absolute Gasteiger partial charge is 0.305 e. The van der Waals surface area contributed by atoms with Gasteiger partial charge in [0, 0.05) is 18.2 Å². The van der Waals surface area contributed by atoms with E-state index in [0.29, 0.717) is 0 Å². The third kappa shape index (κ3) is 5.59. The van der Waals surface area contributed by atoms with E-state index < -0.39 is 86.1 Å². The van der Waals surface area contributed by atoms with Gasteiger partial charge in [0.05, 0.1) is 30.4 Å². The largest absolute Gasteiger partial charge is 0.571 e. The zero-order valence-electron chi connectivity index (χ0n) is 21.2. The molecule has 2 saturated heterocycles. The number of allylic oxidation sites excluding steroid dienone is 2. The Morgan fingerprint density at radius 3 is 2.34 bits per heavy atom. The van der Waals surface area contributed by atoms with Crippen LogP contribution in [0.3, 0.4) is 0 Å². The molecule has 2 fully saturated rings. The molecule has 1 unspecified atom stereocenters. The van der Waals surface area contributed by atoms with E-state index in [1.165, 1.54) is 30.4 Å². The summed E-state index contributed by atoms with van der Waals surface area (Å²) >= 11 is 0. The lowest BCUT2D eigenvalue weighted by Gasteiger charge is -2.44. The highest BCUT2D eigenvalue weighted by Crippen LogP contribution is 2.39. The van der Waals surface area contributed by atoms with Gasteiger partial charge in [0.1, 0.15) is 48.1 Å². The predicted molar refractivity (Wildman–Crippen MR) is 134 cm³/mol. The van der Waals surface area contributed by atoms with E-state index in [1.807, 2.05) is 0 Å². The van der Waals surface area contributed by atoms with Crippen LogP contribution in [0.25, 0.3) is 5.76 Å². The molecule has 5 rings (SSSR count). The van der Waals surface area contributed by atoms with Crippen LogP contribution in [-0.2, 0) is 18.9 Å². The Morgan fingerprint density at radius 2 is 1.63 bits per heavy atom. The summed E-state index contributed by atoms with van der Waals surface area (Å²) in [6, 6.07) is 3.78. The number of aliphatic hydroxyl groups excluding tert-OH is 8. The van der Waals surface area contributed by atoms with Crippen LogP contribution in [0, 0.1) is 0 Å². The number of aromatic hydroxyl groups is 2. The monoisotopic (exact) mass is 583 g/mol. The first kappa shape index (κ1) is 29.1. The van der Waals surface area contributed by atoms with Crippen molar-refractivity contribution in [1.82, 2.24) is 0 Å². The van der Waals surface area contributed by atoms with Gasteiger partial charge in [-0.2, -0.15) is 0 Å². The zero-order valence-corrected chi connectivity index (χ0v) is 21.2. The number of rotatable bonds is 6. The summed E-state index contributed by atoms with van der Waals surface area (Å²) in [7, 11) is 0. The molecular formula is C26H31O15+. The quantitative estimate of drug-likeness (QED) is 0.126. The summed E-state index contributed by atoms with van der Waals surface area (Å²) in [4.78, 5) is 0. The highest BCUT2D eigenvalue weighted by Gasteiger charge is 2.50. The van der Waals surface area contributed by atoms with Crippen molar-refractivity contribution in [3.63, 3.8) is 0 Å². The molecular weight excluding hydrogens is 552 g/mol. The zero-order chi connectivity index (χ0) is 29.6. The molecule has 224 valence electrons. The van der Waals surface area contributed by atoms with Crippen molar-refractivity contribution in [1.29, 1.82) is 0 Å². The lowest BCUT2D eigenvalue weighted by molar-refractivity contribution is -0.351. The number of phenols is 2. The fourth-order valence-electron chi connectivity index (χ4n) is 4.81. The van der Waals surface area contributed by atoms with Gasteiger partial charge in [-0.1, -0.05) is 0 Å². The lowest BCUT2D eigenvalue weighted by atomic mass is 9.96. The summed E-state index contributed by atoms with van der Waals surface area (Å²) < 4.78 is 27.2. The van der Waals surface area contributed by atoms with E-state index in [-0.39, 0.29) is 34.2 Å². The molecule has 1 aromatic rings. The maximum atomic E-state index is 10.9. The fraction of sp³-hybridized carbons (Fsp3) is 0.462. The number of ether oxygens (including phenoxy) is 5. The summed E-state index contributed by atoms with van der Waals surface area (Å²) in [5.41, 5.74) is 0.420. The molecule has 15 nitrogen and oxygen atoms in total. The van der Waals surface area contributed by atoms with Crippen molar-refractivity contribution >= 4 is 5.76 Å². The Labute approximate surface area is 231 Å². The molecule has 41 heavy (non-hydrogen) atoms. The number of hydrogen-bond acceptors (Lipinski definition) is 14. The Balaban J connectivity index is 1.53. The first-order chi connectivity index (χ1) is 19.5. The minimum absolute atomic E-state index is 0.0452. The normalized spacial score (nSPS) is 37.4. The first-order valence-electron chi connectivity index (χ1n) is 12.6. The van der Waals surface area contributed by atoms with Crippen molar-refractivity contribution in [3.8, 4) is 11.5 Å². The summed E-state index contributed by atoms with van der Waals surface area (Å²) in [5, 5.41) is 102. The Hall–Kier alpha value is -3.38. The van der Waals surface area contributed by atoms with Crippen LogP contribution in [0.2, 0.25) is 0 Å². The molecule has 10 atom stereocenters. The van der Waals surface area contributed by atoms with Gasteiger partial charge in [0.15, 0.2) is 23.9 Å². The number of fused-ring (bicyclic) bond motifs is 1.